The summed E-state index contributed by atoms with van der Waals surface area (Å²) in [5.41, 5.74) is 5.44. The van der Waals surface area contributed by atoms with E-state index in [2.05, 4.69) is 9.71 Å². The Hall–Kier alpha value is -2.44. The van der Waals surface area contributed by atoms with Crippen LogP contribution in [-0.4, -0.2) is 13.4 Å². The maximum Gasteiger partial charge on any atom is 0.252 e. The van der Waals surface area contributed by atoms with Gasteiger partial charge in [-0.25, -0.2) is 13.1 Å². The van der Waals surface area contributed by atoms with Crippen molar-refractivity contribution in [3.8, 4) is 0 Å². The first-order chi connectivity index (χ1) is 12.8. The molecule has 1 aromatic heterocycles. The molecule has 27 heavy (non-hydrogen) atoms. The van der Waals surface area contributed by atoms with Crippen LogP contribution < -0.4 is 10.3 Å². The second-order valence-corrected chi connectivity index (χ2v) is 9.02. The molecule has 0 saturated heterocycles. The smallest absolute Gasteiger partial charge is 0.252 e. The molecular weight excluding hydrogens is 360 g/mol. The van der Waals surface area contributed by atoms with Crippen LogP contribution in [0.5, 0.6) is 0 Å². The lowest BCUT2D eigenvalue weighted by atomic mass is 10.1. The Morgan fingerprint density at radius 1 is 1.00 bits per heavy atom. The van der Waals surface area contributed by atoms with Gasteiger partial charge in [0.15, 0.2) is 0 Å². The predicted octanol–water partition coefficient (Wildman–Crippen LogP) is 3.11. The number of aromatic nitrogens is 1. The average Bonchev–Trinajstić information content (AvgIpc) is 3.09. The summed E-state index contributed by atoms with van der Waals surface area (Å²) in [5.74, 6) is 0. The van der Waals surface area contributed by atoms with Gasteiger partial charge in [0.25, 0.3) is 5.56 Å². The van der Waals surface area contributed by atoms with Gasteiger partial charge in [-0.2, -0.15) is 0 Å². The summed E-state index contributed by atoms with van der Waals surface area (Å²) in [6.45, 7) is 3.96. The molecule has 140 valence electrons. The minimum atomic E-state index is -3.67. The average molecular weight is 382 g/mol. The third-order valence-electron chi connectivity index (χ3n) is 5.37. The van der Waals surface area contributed by atoms with Crippen molar-refractivity contribution in [2.75, 3.05) is 0 Å². The second kappa shape index (κ2) is 6.62. The Morgan fingerprint density at radius 2 is 1.74 bits per heavy atom. The highest BCUT2D eigenvalue weighted by atomic mass is 32.2. The lowest BCUT2D eigenvalue weighted by molar-refractivity contribution is 0.581. The van der Waals surface area contributed by atoms with Gasteiger partial charge in [-0.15, -0.1) is 0 Å². The topological polar surface area (TPSA) is 79.0 Å². The molecule has 0 spiro atoms. The first kappa shape index (κ1) is 17.9. The Bertz CT molecular complexity index is 1210. The van der Waals surface area contributed by atoms with E-state index in [4.69, 9.17) is 0 Å². The van der Waals surface area contributed by atoms with Crippen LogP contribution in [0, 0.1) is 13.8 Å². The van der Waals surface area contributed by atoms with Crippen molar-refractivity contribution in [3.05, 3.63) is 74.6 Å². The molecule has 0 amide bonds. The number of hydrogen-bond donors (Lipinski definition) is 2. The molecule has 1 heterocycles. The van der Waals surface area contributed by atoms with Crippen molar-refractivity contribution >= 4 is 20.9 Å². The molecule has 0 aliphatic heterocycles. The SMILES string of the molecule is Cc1cc2cc(CNS(=O)(=O)c3ccc4c(c3)CCC4)c(=O)[nH]c2cc1C. The third kappa shape index (κ3) is 3.42. The highest BCUT2D eigenvalue weighted by Crippen LogP contribution is 2.24. The van der Waals surface area contributed by atoms with E-state index in [0.29, 0.717) is 5.56 Å². The number of hydrogen-bond acceptors (Lipinski definition) is 3. The molecule has 0 bridgehead atoms. The van der Waals surface area contributed by atoms with Gasteiger partial charge in [0.05, 0.1) is 4.90 Å². The number of benzene rings is 2. The standard InChI is InChI=1S/C21H22N2O3S/c1-13-8-17-10-18(21(24)23-20(17)9-14(13)2)12-22-27(25,26)19-7-6-15-4-3-5-16(15)11-19/h6-11,22H,3-5,12H2,1-2H3,(H,23,24). The number of rotatable bonds is 4. The number of sulfonamides is 1. The van der Waals surface area contributed by atoms with E-state index < -0.39 is 10.0 Å². The largest absolute Gasteiger partial charge is 0.322 e. The van der Waals surface area contributed by atoms with Crippen molar-refractivity contribution < 1.29 is 8.42 Å². The van der Waals surface area contributed by atoms with Gasteiger partial charge in [0, 0.05) is 17.6 Å². The Kier molecular flexibility index (Phi) is 4.40. The Balaban J connectivity index is 1.61. The molecule has 1 aliphatic carbocycles. The zero-order valence-corrected chi connectivity index (χ0v) is 16.2. The maximum absolute atomic E-state index is 12.7. The highest BCUT2D eigenvalue weighted by Gasteiger charge is 2.19. The summed E-state index contributed by atoms with van der Waals surface area (Å²) in [6, 6.07) is 11.0. The highest BCUT2D eigenvalue weighted by molar-refractivity contribution is 7.89. The molecule has 2 N–H and O–H groups in total. The molecule has 0 radical (unpaired) electrons. The molecule has 0 saturated carbocycles. The molecule has 0 atom stereocenters. The van der Waals surface area contributed by atoms with Crippen molar-refractivity contribution in [1.82, 2.24) is 9.71 Å². The fourth-order valence-electron chi connectivity index (χ4n) is 3.62. The molecule has 3 aromatic rings. The molecule has 6 heteroatoms. The van der Waals surface area contributed by atoms with Crippen molar-refractivity contribution in [1.29, 1.82) is 0 Å². The molecular formula is C21H22N2O3S. The van der Waals surface area contributed by atoms with Gasteiger partial charge < -0.3 is 4.98 Å². The van der Waals surface area contributed by atoms with E-state index in [-0.39, 0.29) is 17.0 Å². The number of fused-ring (bicyclic) bond motifs is 2. The quantitative estimate of drug-likeness (QED) is 0.728. The summed E-state index contributed by atoms with van der Waals surface area (Å²) in [7, 11) is -3.67. The number of pyridine rings is 1. The van der Waals surface area contributed by atoms with E-state index in [1.807, 2.05) is 32.0 Å². The number of nitrogens with one attached hydrogen (secondary N) is 2. The van der Waals surface area contributed by atoms with E-state index >= 15 is 0 Å². The number of aromatic amines is 1. The fourth-order valence-corrected chi connectivity index (χ4v) is 4.68. The van der Waals surface area contributed by atoms with E-state index in [0.717, 1.165) is 46.9 Å². The monoisotopic (exact) mass is 382 g/mol. The minimum Gasteiger partial charge on any atom is -0.322 e. The summed E-state index contributed by atoms with van der Waals surface area (Å²) in [6.07, 6.45) is 2.99. The zero-order chi connectivity index (χ0) is 19.2. The summed E-state index contributed by atoms with van der Waals surface area (Å²) < 4.78 is 27.9. The lowest BCUT2D eigenvalue weighted by Gasteiger charge is -2.10. The van der Waals surface area contributed by atoms with Crippen LogP contribution in [0.2, 0.25) is 0 Å². The van der Waals surface area contributed by atoms with Crippen LogP contribution in [0.3, 0.4) is 0 Å². The Labute approximate surface area is 158 Å². The normalized spacial score (nSPS) is 13.9. The number of H-pyrrole nitrogens is 1. The predicted molar refractivity (Wildman–Crippen MR) is 107 cm³/mol. The van der Waals surface area contributed by atoms with Gasteiger partial charge in [0.2, 0.25) is 10.0 Å². The molecule has 4 rings (SSSR count). The number of aryl methyl sites for hydroxylation is 4. The van der Waals surface area contributed by atoms with E-state index in [9.17, 15) is 13.2 Å². The first-order valence-corrected chi connectivity index (χ1v) is 10.6. The van der Waals surface area contributed by atoms with Crippen LogP contribution >= 0.6 is 0 Å². The van der Waals surface area contributed by atoms with Gasteiger partial charge in [0.1, 0.15) is 0 Å². The molecule has 1 aliphatic rings. The molecule has 2 aromatic carbocycles. The zero-order valence-electron chi connectivity index (χ0n) is 15.4. The van der Waals surface area contributed by atoms with Crippen molar-refractivity contribution in [2.24, 2.45) is 0 Å². The third-order valence-corrected chi connectivity index (χ3v) is 6.77. The first-order valence-electron chi connectivity index (χ1n) is 9.08. The van der Waals surface area contributed by atoms with Gasteiger partial charge >= 0.3 is 0 Å². The van der Waals surface area contributed by atoms with E-state index in [1.54, 1.807) is 18.2 Å². The summed E-state index contributed by atoms with van der Waals surface area (Å²) in [4.78, 5) is 15.4. The van der Waals surface area contributed by atoms with Crippen LogP contribution in [0.4, 0.5) is 0 Å². The van der Waals surface area contributed by atoms with Crippen LogP contribution in [0.15, 0.2) is 46.1 Å². The van der Waals surface area contributed by atoms with Crippen molar-refractivity contribution in [2.45, 2.75) is 44.6 Å². The van der Waals surface area contributed by atoms with E-state index in [1.165, 1.54) is 5.56 Å². The van der Waals surface area contributed by atoms with Crippen LogP contribution in [0.1, 0.15) is 34.2 Å². The van der Waals surface area contributed by atoms with Gasteiger partial charge in [-0.1, -0.05) is 6.07 Å². The second-order valence-electron chi connectivity index (χ2n) is 7.26. The minimum absolute atomic E-state index is 0.0440. The fraction of sp³-hybridized carbons (Fsp3) is 0.286. The van der Waals surface area contributed by atoms with Crippen molar-refractivity contribution in [3.63, 3.8) is 0 Å². The summed E-state index contributed by atoms with van der Waals surface area (Å²) >= 11 is 0. The molecule has 0 fully saturated rings. The lowest BCUT2D eigenvalue weighted by Crippen LogP contribution is -2.27. The summed E-state index contributed by atoms with van der Waals surface area (Å²) in [5, 5.41) is 0.893. The van der Waals surface area contributed by atoms with Crippen LogP contribution in [-0.2, 0) is 29.4 Å². The van der Waals surface area contributed by atoms with Gasteiger partial charge in [-0.3, -0.25) is 4.79 Å². The Morgan fingerprint density at radius 3 is 2.56 bits per heavy atom. The van der Waals surface area contributed by atoms with Gasteiger partial charge in [-0.05, 0) is 91.1 Å². The van der Waals surface area contributed by atoms with Crippen LogP contribution in [0.25, 0.3) is 10.9 Å². The maximum atomic E-state index is 12.7. The molecule has 0 unspecified atom stereocenters. The molecule has 5 nitrogen and oxygen atoms in total.